The summed E-state index contributed by atoms with van der Waals surface area (Å²) in [7, 11) is 0. The fraction of sp³-hybridized carbons (Fsp3) is 0.143. The van der Waals surface area contributed by atoms with E-state index < -0.39 is 0 Å². The molecule has 0 aromatic heterocycles. The Balaban J connectivity index is 0.881. The number of fused-ring (bicyclic) bond motifs is 16. The summed E-state index contributed by atoms with van der Waals surface area (Å²) in [5.41, 5.74) is 25.2. The lowest BCUT2D eigenvalue weighted by molar-refractivity contribution is 0.451. The van der Waals surface area contributed by atoms with Crippen molar-refractivity contribution in [3.05, 3.63) is 518 Å². The minimum atomic E-state index is 0.0321. The monoisotopic (exact) mass is 1570 g/mol. The van der Waals surface area contributed by atoms with Gasteiger partial charge in [-0.25, -0.2) is 0 Å². The molecule has 0 radical (unpaired) electrons. The summed E-state index contributed by atoms with van der Waals surface area (Å²) in [6.45, 7) is 0. The lowest BCUT2D eigenvalue weighted by Gasteiger charge is -2.20. The number of phenolic OH excluding ortho intramolecular Hbond substituents is 8. The van der Waals surface area contributed by atoms with Gasteiger partial charge in [0.1, 0.15) is 46.0 Å². The minimum absolute atomic E-state index is 0.0321. The second-order valence-corrected chi connectivity index (χ2v) is 32.8. The quantitative estimate of drug-likeness (QED) is 0.0474. The molecule has 0 atom stereocenters. The SMILES string of the molecule is Oc1c2cc(Cc3ccccc3)cc1Cc1cc(Cc3ccccc3)cc(c1O)Cc1cc(Cc3ccccc3)cc(c1O)Cc1cc(Cc3ccccc3)cc(c1O)Cc1cc(Cc3ccccc3)cc(c1O)Cc1cc(Cc3ccccc3)cc(c1O)Cc1cc(Cc3ccccc3)cc(c1O)Cc1cc(Cc3ccccc3)cc(c1O)C2. The molecule has 0 amide bonds. The Bertz CT molecular complexity index is 4980. The molecule has 0 unspecified atom stereocenters. The van der Waals surface area contributed by atoms with Crippen LogP contribution in [0.1, 0.15) is 178 Å². The van der Waals surface area contributed by atoms with Crippen molar-refractivity contribution < 1.29 is 40.9 Å². The van der Waals surface area contributed by atoms with E-state index in [4.69, 9.17) is 0 Å². The van der Waals surface area contributed by atoms with Crippen LogP contribution >= 0.6 is 0 Å². The van der Waals surface area contributed by atoms with E-state index in [1.54, 1.807) is 0 Å². The fourth-order valence-corrected chi connectivity index (χ4v) is 17.9. The molecule has 120 heavy (non-hydrogen) atoms. The predicted octanol–water partition coefficient (Wildman–Crippen LogP) is 23.1. The van der Waals surface area contributed by atoms with Crippen LogP contribution in [-0.2, 0) is 103 Å². The van der Waals surface area contributed by atoms with E-state index in [9.17, 15) is 40.9 Å². The second-order valence-electron chi connectivity index (χ2n) is 32.8. The van der Waals surface area contributed by atoms with E-state index in [-0.39, 0.29) is 97.4 Å². The standard InChI is InChI=1S/C112H96O8/c113-105-89-49-81(41-73-25-9-1-10-26-73)50-90(105)66-92-52-83(43-75-29-13-3-14-30-75)54-94(107(92)115)68-96-56-85(45-77-33-17-5-18-34-77)58-98(109(96)117)70-100-60-87(47-79-37-21-7-22-38-79)62-102(111(100)119)72-104-64-88(48-80-39-23-8-24-40-80)63-103(112(104)120)71-101-61-86(46-78-35-19-6-20-36-78)59-99(110(101)118)69-97-57-84(44-76-31-15-4-16-32-76)55-95(108(97)116)67-93-53-82(51-91(65-89)106(93)114)42-74-27-11-2-12-28-74/h1-40,49-64,113-120H,41-48,65-72H2. The van der Waals surface area contributed by atoms with Crippen molar-refractivity contribution in [1.29, 1.82) is 0 Å². The zero-order chi connectivity index (χ0) is 82.0. The highest BCUT2D eigenvalue weighted by atomic mass is 16.3. The van der Waals surface area contributed by atoms with Crippen LogP contribution in [0, 0.1) is 0 Å². The van der Waals surface area contributed by atoms with Gasteiger partial charge in [-0.2, -0.15) is 0 Å². The number of rotatable bonds is 16. The van der Waals surface area contributed by atoms with Crippen molar-refractivity contribution in [3.63, 3.8) is 0 Å². The Labute approximate surface area is 702 Å². The fourth-order valence-electron chi connectivity index (χ4n) is 17.9. The van der Waals surface area contributed by atoms with Gasteiger partial charge in [0.25, 0.3) is 0 Å². The molecule has 0 heterocycles. The van der Waals surface area contributed by atoms with Gasteiger partial charge in [-0.05, 0) is 229 Å². The second kappa shape index (κ2) is 35.8. The molecule has 16 aromatic rings. The van der Waals surface area contributed by atoms with Gasteiger partial charge in [-0.1, -0.05) is 340 Å². The summed E-state index contributed by atoms with van der Waals surface area (Å²) in [5.74, 6) is 0.257. The maximum absolute atomic E-state index is 13.2. The average Bonchev–Trinajstić information content (AvgIpc) is 0.785. The first kappa shape index (κ1) is 78.4. The molecule has 0 spiro atoms. The number of benzene rings is 16. The molecule has 1 aliphatic rings. The topological polar surface area (TPSA) is 162 Å². The van der Waals surface area contributed by atoms with E-state index in [0.717, 1.165) is 89.0 Å². The van der Waals surface area contributed by atoms with E-state index >= 15 is 0 Å². The van der Waals surface area contributed by atoms with Crippen LogP contribution in [0.4, 0.5) is 0 Å². The average molecular weight is 1570 g/mol. The van der Waals surface area contributed by atoms with Crippen LogP contribution in [0.25, 0.3) is 0 Å². The highest BCUT2D eigenvalue weighted by molar-refractivity contribution is 5.62. The Morgan fingerprint density at radius 2 is 0.200 bits per heavy atom. The Hall–Kier alpha value is -14.1. The summed E-state index contributed by atoms with van der Waals surface area (Å²) in [6, 6.07) is 114. The molecular formula is C112H96O8. The third-order valence-corrected chi connectivity index (χ3v) is 23.7. The van der Waals surface area contributed by atoms with E-state index in [0.29, 0.717) is 140 Å². The van der Waals surface area contributed by atoms with Gasteiger partial charge < -0.3 is 40.9 Å². The molecule has 0 saturated heterocycles. The lowest BCUT2D eigenvalue weighted by atomic mass is 9.87. The number of hydrogen-bond donors (Lipinski definition) is 8. The van der Waals surface area contributed by atoms with Gasteiger partial charge in [0.2, 0.25) is 0 Å². The van der Waals surface area contributed by atoms with Gasteiger partial charge in [0.05, 0.1) is 0 Å². The highest BCUT2D eigenvalue weighted by Gasteiger charge is 2.26. The first-order valence-electron chi connectivity index (χ1n) is 41.6. The van der Waals surface area contributed by atoms with Crippen LogP contribution < -0.4 is 0 Å². The maximum Gasteiger partial charge on any atom is 0.122 e. The summed E-state index contributed by atoms with van der Waals surface area (Å²) in [5, 5.41) is 106. The normalized spacial score (nSPS) is 12.3. The zero-order valence-corrected chi connectivity index (χ0v) is 67.2. The third-order valence-electron chi connectivity index (χ3n) is 23.7. The maximum atomic E-state index is 13.2. The van der Waals surface area contributed by atoms with Crippen LogP contribution in [-0.4, -0.2) is 40.9 Å². The van der Waals surface area contributed by atoms with Gasteiger partial charge in [-0.15, -0.1) is 0 Å². The third kappa shape index (κ3) is 18.8. The Kier molecular flexibility index (Phi) is 23.4. The highest BCUT2D eigenvalue weighted by Crippen LogP contribution is 2.44. The summed E-state index contributed by atoms with van der Waals surface area (Å²) < 4.78 is 0. The largest absolute Gasteiger partial charge is 0.507 e. The summed E-state index contributed by atoms with van der Waals surface area (Å²) in [6.07, 6.45) is 5.17. The predicted molar refractivity (Wildman–Crippen MR) is 481 cm³/mol. The van der Waals surface area contributed by atoms with Gasteiger partial charge in [0.15, 0.2) is 0 Å². The Morgan fingerprint density at radius 3 is 0.283 bits per heavy atom. The van der Waals surface area contributed by atoms with Gasteiger partial charge >= 0.3 is 0 Å². The van der Waals surface area contributed by atoms with Crippen molar-refractivity contribution in [2.24, 2.45) is 0 Å². The van der Waals surface area contributed by atoms with Crippen LogP contribution in [0.5, 0.6) is 46.0 Å². The van der Waals surface area contributed by atoms with E-state index in [1.165, 1.54) is 0 Å². The van der Waals surface area contributed by atoms with Gasteiger partial charge in [0, 0.05) is 51.4 Å². The molecule has 16 aromatic carbocycles. The van der Waals surface area contributed by atoms with Crippen molar-refractivity contribution in [2.45, 2.75) is 103 Å². The molecule has 8 heteroatoms. The number of hydrogen-bond acceptors (Lipinski definition) is 8. The molecule has 0 fully saturated rings. The molecule has 8 nitrogen and oxygen atoms in total. The molecule has 1 aliphatic carbocycles. The molecule has 17 rings (SSSR count). The first-order valence-corrected chi connectivity index (χ1v) is 41.6. The lowest BCUT2D eigenvalue weighted by Crippen LogP contribution is -2.05. The Morgan fingerprint density at radius 1 is 0.117 bits per heavy atom. The number of phenols is 8. The molecule has 0 saturated carbocycles. The zero-order valence-electron chi connectivity index (χ0n) is 67.2. The molecule has 16 bridgehead atoms. The van der Waals surface area contributed by atoms with Crippen LogP contribution in [0.15, 0.2) is 340 Å². The van der Waals surface area contributed by atoms with Crippen molar-refractivity contribution >= 4 is 0 Å². The summed E-state index contributed by atoms with van der Waals surface area (Å²) >= 11 is 0. The van der Waals surface area contributed by atoms with E-state index in [1.807, 2.05) is 243 Å². The van der Waals surface area contributed by atoms with Gasteiger partial charge in [-0.3, -0.25) is 0 Å². The minimum Gasteiger partial charge on any atom is -0.507 e. The van der Waals surface area contributed by atoms with E-state index in [2.05, 4.69) is 97.1 Å². The smallest absolute Gasteiger partial charge is 0.122 e. The summed E-state index contributed by atoms with van der Waals surface area (Å²) in [4.78, 5) is 0. The molecule has 8 N–H and O–H groups in total. The van der Waals surface area contributed by atoms with Crippen molar-refractivity contribution in [2.75, 3.05) is 0 Å². The molecule has 592 valence electrons. The van der Waals surface area contributed by atoms with Crippen LogP contribution in [0.2, 0.25) is 0 Å². The van der Waals surface area contributed by atoms with Crippen molar-refractivity contribution in [1.82, 2.24) is 0 Å². The van der Waals surface area contributed by atoms with Crippen molar-refractivity contribution in [3.8, 4) is 46.0 Å². The molecular weight excluding hydrogens is 1470 g/mol. The molecule has 0 aliphatic heterocycles. The first-order chi connectivity index (χ1) is 58.6. The number of aromatic hydroxyl groups is 8. The van der Waals surface area contributed by atoms with Crippen LogP contribution in [0.3, 0.4) is 0 Å².